The zero-order valence-corrected chi connectivity index (χ0v) is 17.6. The molecule has 0 saturated carbocycles. The van der Waals surface area contributed by atoms with Crippen molar-refractivity contribution in [3.05, 3.63) is 74.1 Å². The first-order valence-corrected chi connectivity index (χ1v) is 10.1. The summed E-state index contributed by atoms with van der Waals surface area (Å²) in [4.78, 5) is 33.7. The van der Waals surface area contributed by atoms with Gasteiger partial charge in [-0.1, -0.05) is 0 Å². The topological polar surface area (TPSA) is 88.4 Å². The van der Waals surface area contributed by atoms with Gasteiger partial charge in [-0.25, -0.2) is 8.78 Å². The third-order valence-corrected chi connectivity index (χ3v) is 5.98. The number of nitrogens with one attached hydrogen (secondary N) is 1. The molecule has 4 aromatic rings. The van der Waals surface area contributed by atoms with Crippen LogP contribution in [0, 0.1) is 11.6 Å². The Morgan fingerprint density at radius 1 is 1.23 bits per heavy atom. The van der Waals surface area contributed by atoms with Gasteiger partial charge in [-0.2, -0.15) is 0 Å². The van der Waals surface area contributed by atoms with Crippen LogP contribution >= 0.6 is 15.9 Å². The maximum absolute atomic E-state index is 14.0. The fourth-order valence-electron chi connectivity index (χ4n) is 3.90. The molecule has 0 fully saturated rings. The summed E-state index contributed by atoms with van der Waals surface area (Å²) in [7, 11) is 1.56. The molecule has 3 aromatic heterocycles. The highest BCUT2D eigenvalue weighted by Gasteiger charge is 2.32. The molecule has 1 N–H and O–H groups in total. The van der Waals surface area contributed by atoms with Crippen LogP contribution in [0.15, 0.2) is 44.3 Å². The smallest absolute Gasteiger partial charge is 0.289 e. The minimum atomic E-state index is -1.12. The Morgan fingerprint density at radius 2 is 1.97 bits per heavy atom. The lowest BCUT2D eigenvalue weighted by atomic mass is 9.95. The number of halogens is 3. The zero-order chi connectivity index (χ0) is 21.9. The van der Waals surface area contributed by atoms with Gasteiger partial charge in [0.25, 0.3) is 11.5 Å². The van der Waals surface area contributed by atoms with Crippen molar-refractivity contribution < 1.29 is 22.7 Å². The fraction of sp³-hybridized carbons (Fsp3) is 0.190. The van der Waals surface area contributed by atoms with Crippen molar-refractivity contribution in [2.75, 3.05) is 13.7 Å². The number of aromatic amines is 1. The number of carbonyl (C=O) groups excluding carboxylic acids is 1. The number of H-pyrrole nitrogens is 1. The standard InChI is InChI=1S/C21H14BrF2N3O4/c1-27(21(29)17-2-9-5-25-6-12(22)19(9)31-17)16-8-30-7-15-18(16)10-3-13(23)14(24)4-11(10)20(28)26-15/h2-6,16H,7-8H2,1H3,(H,26,28)/t16-/m0/s1. The van der Waals surface area contributed by atoms with E-state index in [4.69, 9.17) is 9.15 Å². The molecule has 0 spiro atoms. The third kappa shape index (κ3) is 3.14. The van der Waals surface area contributed by atoms with Gasteiger partial charge >= 0.3 is 0 Å². The second kappa shape index (κ2) is 7.24. The van der Waals surface area contributed by atoms with E-state index < -0.39 is 29.1 Å². The number of hydrogen-bond donors (Lipinski definition) is 1. The second-order valence-corrected chi connectivity index (χ2v) is 8.11. The van der Waals surface area contributed by atoms with Crippen LogP contribution in [0.1, 0.15) is 27.9 Å². The summed E-state index contributed by atoms with van der Waals surface area (Å²) in [6.07, 6.45) is 3.14. The van der Waals surface area contributed by atoms with E-state index in [0.717, 1.165) is 12.1 Å². The van der Waals surface area contributed by atoms with Gasteiger partial charge in [0, 0.05) is 36.1 Å². The lowest BCUT2D eigenvalue weighted by molar-refractivity contribution is 0.0320. The van der Waals surface area contributed by atoms with Crippen LogP contribution in [0.25, 0.3) is 21.7 Å². The van der Waals surface area contributed by atoms with Crippen molar-refractivity contribution in [2.45, 2.75) is 12.6 Å². The van der Waals surface area contributed by atoms with Crippen molar-refractivity contribution in [2.24, 2.45) is 0 Å². The number of pyridine rings is 2. The number of ether oxygens (including phenoxy) is 1. The van der Waals surface area contributed by atoms with Gasteiger partial charge < -0.3 is 19.0 Å². The van der Waals surface area contributed by atoms with E-state index in [-0.39, 0.29) is 29.7 Å². The Bertz CT molecular complexity index is 1430. The van der Waals surface area contributed by atoms with Crippen molar-refractivity contribution in [3.8, 4) is 0 Å². The molecule has 0 aliphatic carbocycles. The number of hydrogen-bond acceptors (Lipinski definition) is 5. The first-order chi connectivity index (χ1) is 14.8. The van der Waals surface area contributed by atoms with Crippen LogP contribution in [0.5, 0.6) is 0 Å². The quantitative estimate of drug-likeness (QED) is 0.458. The second-order valence-electron chi connectivity index (χ2n) is 7.26. The average Bonchev–Trinajstić information content (AvgIpc) is 3.19. The van der Waals surface area contributed by atoms with Gasteiger partial charge in [-0.3, -0.25) is 14.6 Å². The molecule has 1 aliphatic heterocycles. The molecule has 0 saturated heterocycles. The summed E-state index contributed by atoms with van der Waals surface area (Å²) in [5.41, 5.74) is 0.852. The van der Waals surface area contributed by atoms with E-state index in [9.17, 15) is 18.4 Å². The van der Waals surface area contributed by atoms with E-state index in [2.05, 4.69) is 25.9 Å². The number of nitrogens with zero attached hydrogens (tertiary/aromatic N) is 2. The summed E-state index contributed by atoms with van der Waals surface area (Å²) in [5, 5.41) is 0.894. The minimum absolute atomic E-state index is 0.00383. The molecule has 0 bridgehead atoms. The number of rotatable bonds is 2. The number of carbonyl (C=O) groups is 1. The Balaban J connectivity index is 1.62. The molecule has 4 heterocycles. The number of benzene rings is 1. The van der Waals surface area contributed by atoms with Gasteiger partial charge in [-0.15, -0.1) is 0 Å². The highest BCUT2D eigenvalue weighted by molar-refractivity contribution is 9.10. The number of amides is 1. The van der Waals surface area contributed by atoms with Crippen molar-refractivity contribution in [1.82, 2.24) is 14.9 Å². The van der Waals surface area contributed by atoms with Gasteiger partial charge in [-0.05, 0) is 39.5 Å². The molecule has 1 amide bonds. The van der Waals surface area contributed by atoms with E-state index in [1.54, 1.807) is 25.5 Å². The summed E-state index contributed by atoms with van der Waals surface area (Å²) in [6, 6.07) is 2.77. The molecule has 7 nitrogen and oxygen atoms in total. The number of furan rings is 1. The van der Waals surface area contributed by atoms with Gasteiger partial charge in [0.2, 0.25) is 0 Å². The van der Waals surface area contributed by atoms with Crippen LogP contribution in [0.3, 0.4) is 0 Å². The van der Waals surface area contributed by atoms with E-state index in [1.807, 2.05) is 0 Å². The minimum Gasteiger partial charge on any atom is -0.450 e. The molecular weight excluding hydrogens is 476 g/mol. The van der Waals surface area contributed by atoms with E-state index >= 15 is 0 Å². The normalized spacial score (nSPS) is 15.9. The molecule has 158 valence electrons. The van der Waals surface area contributed by atoms with Crippen molar-refractivity contribution >= 4 is 43.6 Å². The molecule has 10 heteroatoms. The summed E-state index contributed by atoms with van der Waals surface area (Å²) < 4.78 is 39.7. The zero-order valence-electron chi connectivity index (χ0n) is 16.0. The summed E-state index contributed by atoms with van der Waals surface area (Å²) in [5.74, 6) is -2.54. The number of fused-ring (bicyclic) bond motifs is 4. The Morgan fingerprint density at radius 3 is 2.71 bits per heavy atom. The Kier molecular flexibility index (Phi) is 4.63. The van der Waals surface area contributed by atoms with Crippen LogP contribution in [0.4, 0.5) is 8.78 Å². The monoisotopic (exact) mass is 489 g/mol. The van der Waals surface area contributed by atoms with Crippen LogP contribution < -0.4 is 5.56 Å². The predicted molar refractivity (Wildman–Crippen MR) is 111 cm³/mol. The molecule has 0 radical (unpaired) electrons. The van der Waals surface area contributed by atoms with Crippen molar-refractivity contribution in [3.63, 3.8) is 0 Å². The van der Waals surface area contributed by atoms with Crippen molar-refractivity contribution in [1.29, 1.82) is 0 Å². The van der Waals surface area contributed by atoms with E-state index in [0.29, 0.717) is 26.7 Å². The van der Waals surface area contributed by atoms with E-state index in [1.165, 1.54) is 4.90 Å². The summed E-state index contributed by atoms with van der Waals surface area (Å²) in [6.45, 7) is 0.197. The van der Waals surface area contributed by atoms with Gasteiger partial charge in [0.05, 0.1) is 29.1 Å². The largest absolute Gasteiger partial charge is 0.450 e. The highest BCUT2D eigenvalue weighted by atomic mass is 79.9. The lowest BCUT2D eigenvalue weighted by Crippen LogP contribution is -2.37. The maximum atomic E-state index is 14.0. The summed E-state index contributed by atoms with van der Waals surface area (Å²) >= 11 is 3.34. The van der Waals surface area contributed by atoms with Gasteiger partial charge in [0.1, 0.15) is 0 Å². The molecule has 5 rings (SSSR count). The molecule has 1 atom stereocenters. The fourth-order valence-corrected chi connectivity index (χ4v) is 4.33. The molecule has 1 aromatic carbocycles. The van der Waals surface area contributed by atoms with Gasteiger partial charge in [0.15, 0.2) is 23.0 Å². The first kappa shape index (κ1) is 19.8. The SMILES string of the molecule is CN(C(=O)c1cc2cncc(Br)c2o1)[C@H]1COCc2[nH]c(=O)c3cc(F)c(F)cc3c21. The Hall–Kier alpha value is -3.11. The lowest BCUT2D eigenvalue weighted by Gasteiger charge is -2.33. The average molecular weight is 490 g/mol. The highest BCUT2D eigenvalue weighted by Crippen LogP contribution is 2.35. The third-order valence-electron chi connectivity index (χ3n) is 5.42. The molecule has 31 heavy (non-hydrogen) atoms. The molecule has 0 unspecified atom stereocenters. The number of aromatic nitrogens is 2. The first-order valence-electron chi connectivity index (χ1n) is 9.27. The van der Waals surface area contributed by atoms with Crippen LogP contribution in [-0.2, 0) is 11.3 Å². The molecule has 1 aliphatic rings. The Labute approximate surface area is 181 Å². The molecular formula is C21H14BrF2N3O4. The van der Waals surface area contributed by atoms with Crippen LogP contribution in [0.2, 0.25) is 0 Å². The predicted octanol–water partition coefficient (Wildman–Crippen LogP) is 4.05. The van der Waals surface area contributed by atoms with Crippen LogP contribution in [-0.4, -0.2) is 34.4 Å². The number of likely N-dealkylation sites (N-methyl/N-ethyl adjacent to an activating group) is 1. The maximum Gasteiger partial charge on any atom is 0.289 e.